The molecule has 12 N–H and O–H groups in total. The van der Waals surface area contributed by atoms with Crippen LogP contribution in [0.2, 0.25) is 0 Å². The molecule has 0 bridgehead atoms. The normalized spacial score (nSPS) is 14.2. The van der Waals surface area contributed by atoms with Crippen molar-refractivity contribution in [3.8, 4) is 0 Å². The molecule has 0 saturated heterocycles. The molecule has 0 aliphatic rings. The Kier molecular flexibility index (Phi) is 27.0. The van der Waals surface area contributed by atoms with Crippen molar-refractivity contribution in [1.29, 1.82) is 0 Å². The zero-order valence-electron chi connectivity index (χ0n) is 35.4. The molecule has 6 atom stereocenters. The number of hydrogen-bond donors (Lipinski definition) is 12. The summed E-state index contributed by atoms with van der Waals surface area (Å²) in [5.41, 5.74) is -1.84. The number of carbonyl (C=O) groups excluding carboxylic acids is 8. The van der Waals surface area contributed by atoms with Crippen LogP contribution in [0.1, 0.15) is 41.5 Å². The molecule has 0 spiro atoms. The Balaban J connectivity index is 5.98. The Morgan fingerprint density at radius 3 is 1.05 bits per heavy atom. The predicted octanol–water partition coefficient (Wildman–Crippen LogP) is -2.79. The van der Waals surface area contributed by atoms with Gasteiger partial charge in [-0.15, -0.1) is 0 Å². The van der Waals surface area contributed by atoms with E-state index in [2.05, 4.69) is 42.5 Å². The second-order valence-corrected chi connectivity index (χ2v) is 19.1. The van der Waals surface area contributed by atoms with E-state index < -0.39 is 133 Å². The van der Waals surface area contributed by atoms with Crippen LogP contribution in [0.4, 0.5) is 9.59 Å². The summed E-state index contributed by atoms with van der Waals surface area (Å²) in [6, 6.07) is -8.69. The summed E-state index contributed by atoms with van der Waals surface area (Å²) in [5, 5.41) is 56.4. The average molecular weight is 963 g/mol. The molecule has 0 aromatic carbocycles. The van der Waals surface area contributed by atoms with Crippen LogP contribution in [0.5, 0.6) is 0 Å². The molecule has 0 heterocycles. The lowest BCUT2D eigenvalue weighted by molar-refractivity contribution is -0.141. The van der Waals surface area contributed by atoms with Gasteiger partial charge in [-0.25, -0.2) is 19.2 Å². The van der Waals surface area contributed by atoms with E-state index in [0.29, 0.717) is 0 Å². The van der Waals surface area contributed by atoms with E-state index in [0.717, 1.165) is 45.1 Å². The highest BCUT2D eigenvalue weighted by Crippen LogP contribution is 2.23. The molecular weight excluding hydrogens is 905 g/mol. The van der Waals surface area contributed by atoms with Crippen LogP contribution in [-0.4, -0.2) is 189 Å². The van der Waals surface area contributed by atoms with Crippen LogP contribution in [0, 0.1) is 0 Å². The van der Waals surface area contributed by atoms with Crippen LogP contribution in [-0.2, 0) is 47.8 Å². The number of aliphatic hydroxyl groups is 2. The number of hydrogen-bond acceptors (Lipinski definition) is 18. The molecule has 0 aliphatic carbocycles. The quantitative estimate of drug-likeness (QED) is 0.0292. The molecule has 0 fully saturated rings. The predicted molar refractivity (Wildman–Crippen MR) is 231 cm³/mol. The second-order valence-electron chi connectivity index (χ2n) is 14.7. The zero-order chi connectivity index (χ0) is 47.8. The summed E-state index contributed by atoms with van der Waals surface area (Å²) < 4.78 is 10.1. The summed E-state index contributed by atoms with van der Waals surface area (Å²) in [6.45, 7) is 6.18. The lowest BCUT2D eigenvalue weighted by Gasteiger charge is -2.23. The average Bonchev–Trinajstić information content (AvgIpc) is 3.15. The fourth-order valence-electron chi connectivity index (χ4n) is 4.19. The molecule has 0 radical (unpaired) electrons. The van der Waals surface area contributed by atoms with E-state index in [1.54, 1.807) is 54.1 Å². The van der Waals surface area contributed by atoms with E-state index in [1.807, 2.05) is 0 Å². The van der Waals surface area contributed by atoms with Crippen LogP contribution in [0.3, 0.4) is 0 Å². The monoisotopic (exact) mass is 962 g/mol. The Labute approximate surface area is 374 Å². The van der Waals surface area contributed by atoms with E-state index >= 15 is 0 Å². The van der Waals surface area contributed by atoms with E-state index in [-0.39, 0.29) is 23.0 Å². The molecule has 0 saturated carbocycles. The Hall–Kier alpha value is -4.38. The van der Waals surface area contributed by atoms with Crippen LogP contribution < -0.4 is 42.5 Å². The van der Waals surface area contributed by atoms with Crippen molar-refractivity contribution in [1.82, 2.24) is 42.5 Å². The number of alkyl carbamates (subject to hydrolysis) is 2. The molecule has 0 aromatic rings. The summed E-state index contributed by atoms with van der Waals surface area (Å²) in [4.78, 5) is 125. The first kappa shape index (κ1) is 57.6. The minimum Gasteiger partial charge on any atom is -0.480 e. The lowest BCUT2D eigenvalue weighted by Crippen LogP contribution is -2.56. The van der Waals surface area contributed by atoms with Crippen molar-refractivity contribution < 1.29 is 77.8 Å². The van der Waals surface area contributed by atoms with Crippen molar-refractivity contribution in [2.45, 2.75) is 89.0 Å². The standard InChI is InChI=1S/C34H58N8O16S4/c1-33(2,3)57-31(55)41-17(11-43)25(47)35-9-23(45)37-19(27(49)39-21(13-59-7)29(51)52)15-61-62-16-20(28(50)40-22(14-60-8)30(53)54)38-24(46)10-36-26(48)18(12-44)42-32(56)58-34(4,5)6/h17-22,43-44H,9-16H2,1-8H3,(H,35,47)(H,36,48)(H,37,45)(H,38,46)(H,39,49)(H,40,50)(H,41,55)(H,42,56)(H,51,52)(H,53,54)/t17-,18-,19+,20+,21+,22+/m0/s1. The van der Waals surface area contributed by atoms with Gasteiger partial charge < -0.3 is 72.4 Å². The van der Waals surface area contributed by atoms with Gasteiger partial charge in [0, 0.05) is 23.0 Å². The SMILES string of the molecule is CSC[C@@H](NC(=O)[C@@H](CSSC[C@@H](NC(=O)CNC(=O)[C@H](CO)NC(=O)OC(C)(C)C)C(=O)N[C@H](CSC)C(=O)O)NC(=O)CNC(=O)[C@H](CO)NC(=O)OC(C)(C)C)C(=O)O. The van der Waals surface area contributed by atoms with Gasteiger partial charge in [-0.2, -0.15) is 23.5 Å². The molecular formula is C34H58N8O16S4. The third-order valence-corrected chi connectivity index (χ3v) is 10.7. The van der Waals surface area contributed by atoms with Crippen molar-refractivity contribution in [2.24, 2.45) is 0 Å². The minimum atomic E-state index is -1.52. The van der Waals surface area contributed by atoms with E-state index in [1.165, 1.54) is 0 Å². The molecule has 24 nitrogen and oxygen atoms in total. The zero-order valence-corrected chi connectivity index (χ0v) is 38.7. The highest BCUT2D eigenvalue weighted by Gasteiger charge is 2.31. The number of carboxylic acids is 2. The maximum absolute atomic E-state index is 13.3. The van der Waals surface area contributed by atoms with Crippen LogP contribution in [0.15, 0.2) is 0 Å². The number of carboxylic acid groups (broad SMARTS) is 2. The molecule has 354 valence electrons. The summed E-state index contributed by atoms with van der Waals surface area (Å²) >= 11 is 2.23. The van der Waals surface area contributed by atoms with Gasteiger partial charge in [-0.3, -0.25) is 28.8 Å². The van der Waals surface area contributed by atoms with Crippen molar-refractivity contribution in [3.05, 3.63) is 0 Å². The van der Waals surface area contributed by atoms with Gasteiger partial charge in [0.25, 0.3) is 0 Å². The fourth-order valence-corrected chi connectivity index (χ4v) is 7.63. The summed E-state index contributed by atoms with van der Waals surface area (Å²) in [6.07, 6.45) is 1.16. The largest absolute Gasteiger partial charge is 0.480 e. The maximum atomic E-state index is 13.3. The van der Waals surface area contributed by atoms with Gasteiger partial charge in [-0.05, 0) is 54.1 Å². The molecule has 0 aliphatic heterocycles. The maximum Gasteiger partial charge on any atom is 0.408 e. The first-order valence-corrected chi connectivity index (χ1v) is 23.7. The molecule has 62 heavy (non-hydrogen) atoms. The number of amides is 8. The highest BCUT2D eigenvalue weighted by molar-refractivity contribution is 8.76. The third kappa shape index (κ3) is 25.5. The van der Waals surface area contributed by atoms with Crippen molar-refractivity contribution >= 4 is 105 Å². The number of aliphatic carboxylic acids is 2. The van der Waals surface area contributed by atoms with Gasteiger partial charge in [-0.1, -0.05) is 21.6 Å². The van der Waals surface area contributed by atoms with Gasteiger partial charge in [0.15, 0.2) is 0 Å². The van der Waals surface area contributed by atoms with Crippen LogP contribution in [0.25, 0.3) is 0 Å². The fraction of sp³-hybridized carbons (Fsp3) is 0.706. The van der Waals surface area contributed by atoms with Crippen molar-refractivity contribution in [3.63, 3.8) is 0 Å². The number of ether oxygens (including phenoxy) is 2. The topological polar surface area (TPSA) is 366 Å². The highest BCUT2D eigenvalue weighted by atomic mass is 33.1. The third-order valence-electron chi connectivity index (χ3n) is 6.98. The molecule has 0 aromatic heterocycles. The number of thioether (sulfide) groups is 2. The molecule has 0 rings (SSSR count). The van der Waals surface area contributed by atoms with Crippen molar-refractivity contribution in [2.75, 3.05) is 61.8 Å². The number of carbonyl (C=O) groups is 10. The lowest BCUT2D eigenvalue weighted by atomic mass is 10.2. The van der Waals surface area contributed by atoms with E-state index in [9.17, 15) is 68.4 Å². The number of aliphatic hydroxyl groups excluding tert-OH is 2. The van der Waals surface area contributed by atoms with E-state index in [4.69, 9.17) is 9.47 Å². The second kappa shape index (κ2) is 29.1. The van der Waals surface area contributed by atoms with Gasteiger partial charge in [0.2, 0.25) is 35.4 Å². The minimum absolute atomic E-state index is 0.0430. The van der Waals surface area contributed by atoms with Gasteiger partial charge in [0.05, 0.1) is 26.3 Å². The smallest absolute Gasteiger partial charge is 0.408 e. The first-order chi connectivity index (χ1) is 28.8. The van der Waals surface area contributed by atoms with Gasteiger partial charge >= 0.3 is 24.1 Å². The molecule has 28 heteroatoms. The van der Waals surface area contributed by atoms with Crippen LogP contribution >= 0.6 is 45.1 Å². The molecule has 8 amide bonds. The first-order valence-electron chi connectivity index (χ1n) is 18.4. The Bertz CT molecular complexity index is 1450. The number of rotatable bonds is 27. The Morgan fingerprint density at radius 1 is 0.468 bits per heavy atom. The Morgan fingerprint density at radius 2 is 0.790 bits per heavy atom. The summed E-state index contributed by atoms with van der Waals surface area (Å²) in [5.74, 6) is -9.15. The molecule has 0 unspecified atom stereocenters. The van der Waals surface area contributed by atoms with Gasteiger partial charge in [0.1, 0.15) is 47.5 Å². The number of nitrogens with one attached hydrogen (secondary N) is 8. The summed E-state index contributed by atoms with van der Waals surface area (Å²) in [7, 11) is 1.75.